The Labute approximate surface area is 125 Å². The smallest absolute Gasteiger partial charge is 0.168 e. The molecule has 20 heavy (non-hydrogen) atoms. The quantitative estimate of drug-likeness (QED) is 0.853. The Balaban J connectivity index is 1.72. The van der Waals surface area contributed by atoms with Gasteiger partial charge in [0, 0.05) is 31.4 Å². The van der Waals surface area contributed by atoms with Crippen molar-refractivity contribution in [1.82, 2.24) is 0 Å². The van der Waals surface area contributed by atoms with Crippen molar-refractivity contribution in [2.45, 2.75) is 43.5 Å². The van der Waals surface area contributed by atoms with Gasteiger partial charge in [-0.1, -0.05) is 29.8 Å². The number of benzene rings is 1. The molecule has 0 N–H and O–H groups in total. The fourth-order valence-corrected chi connectivity index (χ4v) is 3.52. The summed E-state index contributed by atoms with van der Waals surface area (Å²) in [5, 5.41) is 0.817. The highest BCUT2D eigenvalue weighted by Crippen LogP contribution is 2.43. The molecule has 1 aliphatic heterocycles. The Morgan fingerprint density at radius 1 is 1.10 bits per heavy atom. The molecule has 2 fully saturated rings. The van der Waals surface area contributed by atoms with Crippen LogP contribution in [0.3, 0.4) is 0 Å². The van der Waals surface area contributed by atoms with Crippen LogP contribution in [-0.4, -0.2) is 31.7 Å². The van der Waals surface area contributed by atoms with Crippen LogP contribution >= 0.6 is 11.6 Å². The molecule has 0 atom stereocenters. The predicted octanol–water partition coefficient (Wildman–Crippen LogP) is 3.58. The molecule has 0 unspecified atom stereocenters. The molecule has 2 aliphatic rings. The second-order valence-corrected chi connectivity index (χ2v) is 6.17. The van der Waals surface area contributed by atoms with E-state index in [-0.39, 0.29) is 11.4 Å². The number of halogens is 1. The van der Waals surface area contributed by atoms with E-state index in [9.17, 15) is 0 Å². The van der Waals surface area contributed by atoms with Crippen LogP contribution in [-0.2, 0) is 20.6 Å². The van der Waals surface area contributed by atoms with Crippen molar-refractivity contribution < 1.29 is 14.2 Å². The fourth-order valence-electron chi connectivity index (χ4n) is 3.31. The molecule has 0 amide bonds. The average molecular weight is 297 g/mol. The lowest BCUT2D eigenvalue weighted by Gasteiger charge is -2.43. The van der Waals surface area contributed by atoms with E-state index in [1.807, 2.05) is 18.2 Å². The van der Waals surface area contributed by atoms with Gasteiger partial charge in [0.05, 0.1) is 18.8 Å². The van der Waals surface area contributed by atoms with Gasteiger partial charge < -0.3 is 14.2 Å². The van der Waals surface area contributed by atoms with Crippen molar-refractivity contribution in [3.8, 4) is 0 Å². The van der Waals surface area contributed by atoms with Crippen LogP contribution in [0.5, 0.6) is 0 Å². The van der Waals surface area contributed by atoms with Gasteiger partial charge in [-0.25, -0.2) is 0 Å². The third kappa shape index (κ3) is 2.73. The molecular formula is C16H21ClO3. The minimum atomic E-state index is -0.345. The van der Waals surface area contributed by atoms with Crippen LogP contribution in [0.4, 0.5) is 0 Å². The Kier molecular flexibility index (Phi) is 4.04. The van der Waals surface area contributed by atoms with E-state index in [0.717, 1.165) is 42.7 Å². The number of hydrogen-bond donors (Lipinski definition) is 0. The summed E-state index contributed by atoms with van der Waals surface area (Å²) < 4.78 is 17.4. The third-order valence-corrected chi connectivity index (χ3v) is 5.01. The van der Waals surface area contributed by atoms with Crippen molar-refractivity contribution in [3.63, 3.8) is 0 Å². The standard InChI is InChI=1S/C16H21ClO3/c1-18-15(12-13-4-2-3-5-14(13)17)6-8-16(9-7-15)19-10-11-20-16/h2-5H,6-12H2,1H3. The number of ether oxygens (including phenoxy) is 3. The molecule has 1 heterocycles. The van der Waals surface area contributed by atoms with E-state index in [0.29, 0.717) is 13.2 Å². The zero-order valence-electron chi connectivity index (χ0n) is 11.9. The summed E-state index contributed by atoms with van der Waals surface area (Å²) in [6, 6.07) is 8.00. The van der Waals surface area contributed by atoms with Gasteiger partial charge in [-0.15, -0.1) is 0 Å². The maximum absolute atomic E-state index is 6.28. The zero-order valence-corrected chi connectivity index (χ0v) is 12.6. The van der Waals surface area contributed by atoms with Gasteiger partial charge in [0.25, 0.3) is 0 Å². The second-order valence-electron chi connectivity index (χ2n) is 5.76. The lowest BCUT2D eigenvalue weighted by atomic mass is 9.77. The molecule has 0 aromatic heterocycles. The van der Waals surface area contributed by atoms with Gasteiger partial charge >= 0.3 is 0 Å². The SMILES string of the molecule is COC1(Cc2ccccc2Cl)CCC2(CC1)OCCO2. The molecule has 1 spiro atoms. The highest BCUT2D eigenvalue weighted by Gasteiger charge is 2.46. The van der Waals surface area contributed by atoms with E-state index in [2.05, 4.69) is 6.07 Å². The number of hydrogen-bond acceptors (Lipinski definition) is 3. The van der Waals surface area contributed by atoms with Crippen LogP contribution in [0.1, 0.15) is 31.2 Å². The van der Waals surface area contributed by atoms with Crippen LogP contribution in [0.2, 0.25) is 5.02 Å². The summed E-state index contributed by atoms with van der Waals surface area (Å²) in [6.07, 6.45) is 4.51. The summed E-state index contributed by atoms with van der Waals surface area (Å²) in [5.41, 5.74) is 1.01. The Morgan fingerprint density at radius 2 is 1.75 bits per heavy atom. The lowest BCUT2D eigenvalue weighted by molar-refractivity contribution is -0.206. The van der Waals surface area contributed by atoms with Gasteiger partial charge in [0.2, 0.25) is 0 Å². The van der Waals surface area contributed by atoms with E-state index < -0.39 is 0 Å². The Morgan fingerprint density at radius 3 is 2.35 bits per heavy atom. The topological polar surface area (TPSA) is 27.7 Å². The van der Waals surface area contributed by atoms with Crippen molar-refractivity contribution in [1.29, 1.82) is 0 Å². The van der Waals surface area contributed by atoms with Crippen LogP contribution in [0.25, 0.3) is 0 Å². The first-order chi connectivity index (χ1) is 9.67. The van der Waals surface area contributed by atoms with Crippen molar-refractivity contribution in [3.05, 3.63) is 34.9 Å². The van der Waals surface area contributed by atoms with Crippen LogP contribution in [0.15, 0.2) is 24.3 Å². The van der Waals surface area contributed by atoms with E-state index >= 15 is 0 Å². The summed E-state index contributed by atoms with van der Waals surface area (Å²) in [4.78, 5) is 0. The summed E-state index contributed by atoms with van der Waals surface area (Å²) >= 11 is 6.28. The Hall–Kier alpha value is -0.610. The predicted molar refractivity (Wildman–Crippen MR) is 78.0 cm³/mol. The van der Waals surface area contributed by atoms with E-state index in [1.54, 1.807) is 7.11 Å². The molecule has 3 rings (SSSR count). The fraction of sp³-hybridized carbons (Fsp3) is 0.625. The van der Waals surface area contributed by atoms with E-state index in [1.165, 1.54) is 0 Å². The van der Waals surface area contributed by atoms with Crippen LogP contribution in [0, 0.1) is 0 Å². The average Bonchev–Trinajstić information content (AvgIpc) is 2.93. The number of rotatable bonds is 3. The first-order valence-electron chi connectivity index (χ1n) is 7.24. The maximum Gasteiger partial charge on any atom is 0.168 e. The summed E-state index contributed by atoms with van der Waals surface area (Å²) in [6.45, 7) is 1.43. The normalized spacial score (nSPS) is 24.1. The molecule has 1 aromatic rings. The second kappa shape index (κ2) is 5.64. The molecule has 3 nitrogen and oxygen atoms in total. The number of methoxy groups -OCH3 is 1. The summed E-state index contributed by atoms with van der Waals surface area (Å²) in [7, 11) is 1.80. The zero-order chi connectivity index (χ0) is 14.1. The van der Waals surface area contributed by atoms with E-state index in [4.69, 9.17) is 25.8 Å². The molecule has 1 saturated heterocycles. The van der Waals surface area contributed by atoms with Gasteiger partial charge in [-0.05, 0) is 24.5 Å². The van der Waals surface area contributed by atoms with Crippen molar-refractivity contribution >= 4 is 11.6 Å². The minimum absolute atomic E-state index is 0.147. The van der Waals surface area contributed by atoms with Crippen molar-refractivity contribution in [2.24, 2.45) is 0 Å². The van der Waals surface area contributed by atoms with Gasteiger partial charge in [0.15, 0.2) is 5.79 Å². The molecule has 1 saturated carbocycles. The third-order valence-electron chi connectivity index (χ3n) is 4.64. The molecular weight excluding hydrogens is 276 g/mol. The summed E-state index contributed by atoms with van der Waals surface area (Å²) in [5.74, 6) is -0.345. The Bertz CT molecular complexity index is 459. The first-order valence-corrected chi connectivity index (χ1v) is 7.61. The highest BCUT2D eigenvalue weighted by molar-refractivity contribution is 6.31. The molecule has 0 radical (unpaired) electrons. The molecule has 4 heteroatoms. The molecule has 1 aliphatic carbocycles. The van der Waals surface area contributed by atoms with Gasteiger partial charge in [-0.3, -0.25) is 0 Å². The molecule has 1 aromatic carbocycles. The molecule has 0 bridgehead atoms. The molecule has 110 valence electrons. The monoisotopic (exact) mass is 296 g/mol. The van der Waals surface area contributed by atoms with Crippen LogP contribution < -0.4 is 0 Å². The van der Waals surface area contributed by atoms with Gasteiger partial charge in [-0.2, -0.15) is 0 Å². The van der Waals surface area contributed by atoms with Crippen molar-refractivity contribution in [2.75, 3.05) is 20.3 Å². The first kappa shape index (κ1) is 14.3. The largest absolute Gasteiger partial charge is 0.378 e. The minimum Gasteiger partial charge on any atom is -0.378 e. The lowest BCUT2D eigenvalue weighted by Crippen LogP contribution is -2.46. The maximum atomic E-state index is 6.28. The highest BCUT2D eigenvalue weighted by atomic mass is 35.5. The van der Waals surface area contributed by atoms with Gasteiger partial charge in [0.1, 0.15) is 0 Å².